The van der Waals surface area contributed by atoms with Crippen molar-refractivity contribution in [2.24, 2.45) is 0 Å². The van der Waals surface area contributed by atoms with Crippen molar-refractivity contribution in [2.75, 3.05) is 5.75 Å². The lowest BCUT2D eigenvalue weighted by atomic mass is 10.1. The lowest BCUT2D eigenvalue weighted by Crippen LogP contribution is -2.02. The summed E-state index contributed by atoms with van der Waals surface area (Å²) in [7, 11) is 0. The van der Waals surface area contributed by atoms with Crippen molar-refractivity contribution >= 4 is 29.1 Å². The molecule has 0 N–H and O–H groups in total. The molecule has 20 heavy (non-hydrogen) atoms. The van der Waals surface area contributed by atoms with Crippen LogP contribution in [0.3, 0.4) is 0 Å². The van der Waals surface area contributed by atoms with E-state index in [4.69, 9.17) is 11.6 Å². The smallest absolute Gasteiger partial charge is 0.173 e. The predicted octanol–water partition coefficient (Wildman–Crippen LogP) is 5.27. The first-order valence-electron chi connectivity index (χ1n) is 6.70. The van der Waals surface area contributed by atoms with Crippen LogP contribution in [-0.4, -0.2) is 11.5 Å². The van der Waals surface area contributed by atoms with Crippen LogP contribution in [0.1, 0.15) is 29.3 Å². The van der Waals surface area contributed by atoms with Gasteiger partial charge >= 0.3 is 0 Å². The zero-order valence-corrected chi connectivity index (χ0v) is 13.0. The molecule has 3 heteroatoms. The summed E-state index contributed by atoms with van der Waals surface area (Å²) in [4.78, 5) is 13.1. The van der Waals surface area contributed by atoms with Crippen molar-refractivity contribution in [3.63, 3.8) is 0 Å². The fourth-order valence-corrected chi connectivity index (χ4v) is 3.07. The van der Waals surface area contributed by atoms with Gasteiger partial charge in [0.25, 0.3) is 0 Å². The molecule has 0 aromatic heterocycles. The van der Waals surface area contributed by atoms with Crippen LogP contribution in [0, 0.1) is 0 Å². The molecule has 0 spiro atoms. The average Bonchev–Trinajstić information content (AvgIpc) is 2.47. The van der Waals surface area contributed by atoms with Crippen molar-refractivity contribution in [1.29, 1.82) is 0 Å². The fourth-order valence-electron chi connectivity index (χ4n) is 1.93. The van der Waals surface area contributed by atoms with E-state index in [-0.39, 0.29) is 5.78 Å². The van der Waals surface area contributed by atoms with E-state index in [0.29, 0.717) is 10.8 Å². The number of halogens is 1. The number of hydrogen-bond acceptors (Lipinski definition) is 2. The lowest BCUT2D eigenvalue weighted by molar-refractivity contribution is 0.102. The van der Waals surface area contributed by atoms with Gasteiger partial charge in [0.1, 0.15) is 0 Å². The zero-order valence-electron chi connectivity index (χ0n) is 11.4. The Morgan fingerprint density at radius 3 is 2.45 bits per heavy atom. The van der Waals surface area contributed by atoms with Gasteiger partial charge in [0.05, 0.1) is 10.8 Å². The quantitative estimate of drug-likeness (QED) is 0.534. The highest BCUT2D eigenvalue weighted by Crippen LogP contribution is 2.27. The van der Waals surface area contributed by atoms with Gasteiger partial charge in [-0.05, 0) is 24.1 Å². The number of carbonyl (C=O) groups excluding carboxylic acids is 1. The summed E-state index contributed by atoms with van der Waals surface area (Å²) in [5.74, 6) is 0.551. The van der Waals surface area contributed by atoms with E-state index in [2.05, 4.69) is 6.92 Å². The van der Waals surface area contributed by atoms with E-state index in [0.717, 1.165) is 23.3 Å². The minimum Gasteiger partial charge on any atom is -0.293 e. The molecule has 2 aromatic rings. The summed E-state index contributed by atoms with van der Waals surface area (Å²) in [5.41, 5.74) is 2.05. The minimum absolute atomic E-state index is 0.137. The fraction of sp³-hybridized carbons (Fsp3) is 0.235. The highest BCUT2D eigenvalue weighted by Gasteiger charge is 2.08. The molecule has 0 amide bonds. The third kappa shape index (κ3) is 4.12. The number of hydrogen-bond donors (Lipinski definition) is 0. The van der Waals surface area contributed by atoms with Crippen LogP contribution in [0.25, 0.3) is 0 Å². The van der Waals surface area contributed by atoms with Crippen LogP contribution in [0.2, 0.25) is 5.02 Å². The second kappa shape index (κ2) is 7.51. The van der Waals surface area contributed by atoms with Gasteiger partial charge in [0.15, 0.2) is 5.78 Å². The highest BCUT2D eigenvalue weighted by molar-refractivity contribution is 8.00. The molecular weight excluding hydrogens is 288 g/mol. The second-order valence-electron chi connectivity index (χ2n) is 4.59. The first-order valence-corrected chi connectivity index (χ1v) is 8.06. The maximum atomic E-state index is 12.1. The molecule has 0 saturated carbocycles. The van der Waals surface area contributed by atoms with Gasteiger partial charge in [0.2, 0.25) is 0 Å². The van der Waals surface area contributed by atoms with Crippen LogP contribution < -0.4 is 0 Å². The van der Waals surface area contributed by atoms with Crippen molar-refractivity contribution in [3.8, 4) is 0 Å². The van der Waals surface area contributed by atoms with Crippen molar-refractivity contribution < 1.29 is 4.79 Å². The van der Waals surface area contributed by atoms with E-state index in [1.54, 1.807) is 0 Å². The highest BCUT2D eigenvalue weighted by atomic mass is 35.5. The summed E-state index contributed by atoms with van der Waals surface area (Å²) in [5, 5.41) is 0.698. The van der Waals surface area contributed by atoms with E-state index in [1.807, 2.05) is 48.5 Å². The topological polar surface area (TPSA) is 17.1 Å². The van der Waals surface area contributed by atoms with E-state index >= 15 is 0 Å². The van der Waals surface area contributed by atoms with Crippen LogP contribution in [-0.2, 0) is 6.42 Å². The van der Waals surface area contributed by atoms with Crippen molar-refractivity contribution in [3.05, 3.63) is 64.7 Å². The van der Waals surface area contributed by atoms with Gasteiger partial charge in [0, 0.05) is 10.5 Å². The molecule has 0 saturated heterocycles. The summed E-state index contributed by atoms with van der Waals surface area (Å²) >= 11 is 7.56. The lowest BCUT2D eigenvalue weighted by Gasteiger charge is -2.04. The Kier molecular flexibility index (Phi) is 5.69. The molecular formula is C17H17ClOS. The number of thioether (sulfide) groups is 1. The number of ketones is 1. The van der Waals surface area contributed by atoms with Gasteiger partial charge in [-0.15, -0.1) is 11.8 Å². The molecule has 0 aliphatic carbocycles. The maximum Gasteiger partial charge on any atom is 0.173 e. The number of rotatable bonds is 6. The number of aryl methyl sites for hydroxylation is 1. The Morgan fingerprint density at radius 2 is 1.80 bits per heavy atom. The molecule has 0 radical (unpaired) electrons. The molecule has 0 heterocycles. The Hall–Kier alpha value is -1.25. The largest absolute Gasteiger partial charge is 0.293 e. The molecule has 2 aromatic carbocycles. The minimum atomic E-state index is 0.137. The number of carbonyl (C=O) groups is 1. The van der Waals surface area contributed by atoms with Gasteiger partial charge in [-0.3, -0.25) is 4.79 Å². The standard InChI is InChI=1S/C17H17ClOS/c1-2-5-13-8-10-14(11-9-13)16(19)12-20-17-7-4-3-6-15(17)18/h3-4,6-11H,2,5,12H2,1H3. The molecule has 0 bridgehead atoms. The Morgan fingerprint density at radius 1 is 1.10 bits per heavy atom. The molecule has 104 valence electrons. The first-order chi connectivity index (χ1) is 9.70. The average molecular weight is 305 g/mol. The Balaban J connectivity index is 1.96. The number of Topliss-reactive ketones (excluding diaryl/α,β-unsaturated/α-hetero) is 1. The SMILES string of the molecule is CCCc1ccc(C(=O)CSc2ccccc2Cl)cc1. The molecule has 0 atom stereocenters. The Bertz CT molecular complexity index is 578. The summed E-state index contributed by atoms with van der Waals surface area (Å²) in [6.45, 7) is 2.15. The molecule has 0 aliphatic rings. The van der Waals surface area contributed by atoms with Crippen LogP contribution in [0.5, 0.6) is 0 Å². The summed E-state index contributed by atoms with van der Waals surface area (Å²) < 4.78 is 0. The van der Waals surface area contributed by atoms with Crippen molar-refractivity contribution in [1.82, 2.24) is 0 Å². The van der Waals surface area contributed by atoms with E-state index < -0.39 is 0 Å². The second-order valence-corrected chi connectivity index (χ2v) is 6.01. The van der Waals surface area contributed by atoms with Crippen LogP contribution >= 0.6 is 23.4 Å². The maximum absolute atomic E-state index is 12.1. The van der Waals surface area contributed by atoms with Gasteiger partial charge in [-0.1, -0.05) is 61.3 Å². The molecule has 0 aliphatic heterocycles. The summed E-state index contributed by atoms with van der Waals surface area (Å²) in [6.07, 6.45) is 2.18. The normalized spacial score (nSPS) is 10.5. The van der Waals surface area contributed by atoms with Crippen molar-refractivity contribution in [2.45, 2.75) is 24.7 Å². The Labute approximate surface area is 129 Å². The third-order valence-electron chi connectivity index (χ3n) is 3.01. The zero-order chi connectivity index (χ0) is 14.4. The molecule has 0 unspecified atom stereocenters. The third-order valence-corrected chi connectivity index (χ3v) is 4.53. The number of benzene rings is 2. The van der Waals surface area contributed by atoms with Gasteiger partial charge in [-0.25, -0.2) is 0 Å². The van der Waals surface area contributed by atoms with Gasteiger partial charge in [-0.2, -0.15) is 0 Å². The van der Waals surface area contributed by atoms with Gasteiger partial charge < -0.3 is 0 Å². The monoisotopic (exact) mass is 304 g/mol. The van der Waals surface area contributed by atoms with Crippen LogP contribution in [0.15, 0.2) is 53.4 Å². The summed E-state index contributed by atoms with van der Waals surface area (Å²) in [6, 6.07) is 15.5. The molecule has 0 fully saturated rings. The van der Waals surface area contributed by atoms with E-state index in [1.165, 1.54) is 17.3 Å². The van der Waals surface area contributed by atoms with Crippen LogP contribution in [0.4, 0.5) is 0 Å². The first kappa shape index (κ1) is 15.1. The predicted molar refractivity (Wildman–Crippen MR) is 86.9 cm³/mol. The van der Waals surface area contributed by atoms with E-state index in [9.17, 15) is 4.79 Å². The molecule has 1 nitrogen and oxygen atoms in total. The molecule has 2 rings (SSSR count).